The average molecular weight is 320 g/mol. The van der Waals surface area contributed by atoms with Gasteiger partial charge in [0.2, 0.25) is 5.91 Å². The van der Waals surface area contributed by atoms with E-state index in [2.05, 4.69) is 15.2 Å². The number of nitrogens with zero attached hydrogens (tertiary/aromatic N) is 2. The number of hydrogen-bond acceptors (Lipinski definition) is 5. The van der Waals surface area contributed by atoms with Crippen LogP contribution in [0.4, 0.5) is 19.0 Å². The predicted octanol–water partition coefficient (Wildman–Crippen LogP) is 0.223. The first kappa shape index (κ1) is 17.7. The van der Waals surface area contributed by atoms with E-state index in [9.17, 15) is 18.0 Å². The molecule has 1 aromatic heterocycles. The number of primary amides is 1. The van der Waals surface area contributed by atoms with Crippen molar-refractivity contribution in [2.24, 2.45) is 5.73 Å². The third kappa shape index (κ3) is 5.56. The molecule has 4 N–H and O–H groups in total. The lowest BCUT2D eigenvalue weighted by atomic mass is 10.2. The summed E-state index contributed by atoms with van der Waals surface area (Å²) in [6, 6.07) is 3.55. The van der Waals surface area contributed by atoms with Crippen molar-refractivity contribution in [1.82, 2.24) is 10.3 Å². The lowest BCUT2D eigenvalue weighted by molar-refractivity contribution is -0.192. The van der Waals surface area contributed by atoms with Gasteiger partial charge in [-0.25, -0.2) is 9.78 Å². The van der Waals surface area contributed by atoms with Crippen LogP contribution in [0.15, 0.2) is 18.3 Å². The molecule has 0 unspecified atom stereocenters. The zero-order chi connectivity index (χ0) is 16.8. The molecule has 0 bridgehead atoms. The van der Waals surface area contributed by atoms with Crippen molar-refractivity contribution in [3.63, 3.8) is 0 Å². The van der Waals surface area contributed by atoms with Crippen LogP contribution in [0.2, 0.25) is 0 Å². The standard InChI is InChI=1S/C10H14N4O.C2HF3O2/c11-10(15)8-1-2-9(13-7-8)14-5-3-12-4-6-14;3-2(4,5)1(6)7/h1-2,7,12H,3-6H2,(H2,11,15);(H,6,7). The molecule has 22 heavy (non-hydrogen) atoms. The highest BCUT2D eigenvalue weighted by Crippen LogP contribution is 2.13. The highest BCUT2D eigenvalue weighted by atomic mass is 19.4. The van der Waals surface area contributed by atoms with Crippen molar-refractivity contribution < 1.29 is 27.9 Å². The number of carboxylic acids is 1. The van der Waals surface area contributed by atoms with Gasteiger partial charge in [0.05, 0.1) is 5.56 Å². The molecular formula is C12H15F3N4O3. The van der Waals surface area contributed by atoms with Crippen LogP contribution < -0.4 is 16.0 Å². The second-order valence-corrected chi connectivity index (χ2v) is 4.31. The fourth-order valence-electron chi connectivity index (χ4n) is 1.61. The minimum atomic E-state index is -5.08. The van der Waals surface area contributed by atoms with Crippen LogP contribution in [-0.4, -0.2) is 54.3 Å². The van der Waals surface area contributed by atoms with Gasteiger partial charge in [0, 0.05) is 32.4 Å². The maximum Gasteiger partial charge on any atom is 0.490 e. The van der Waals surface area contributed by atoms with E-state index in [0.29, 0.717) is 5.56 Å². The second kappa shape index (κ2) is 7.59. The molecule has 1 aliphatic heterocycles. The number of amides is 1. The Morgan fingerprint density at radius 2 is 1.82 bits per heavy atom. The molecule has 0 spiro atoms. The molecule has 122 valence electrons. The minimum absolute atomic E-state index is 0.436. The smallest absolute Gasteiger partial charge is 0.475 e. The molecule has 7 nitrogen and oxygen atoms in total. The number of carbonyl (C=O) groups excluding carboxylic acids is 1. The van der Waals surface area contributed by atoms with Crippen molar-refractivity contribution >= 4 is 17.7 Å². The van der Waals surface area contributed by atoms with Crippen LogP contribution in [0.3, 0.4) is 0 Å². The molecule has 1 fully saturated rings. The van der Waals surface area contributed by atoms with E-state index < -0.39 is 18.1 Å². The number of pyridine rings is 1. The third-order valence-corrected chi connectivity index (χ3v) is 2.72. The summed E-state index contributed by atoms with van der Waals surface area (Å²) in [4.78, 5) is 26.1. The molecule has 0 radical (unpaired) electrons. The maximum atomic E-state index is 10.8. The molecular weight excluding hydrogens is 305 g/mol. The van der Waals surface area contributed by atoms with Crippen molar-refractivity contribution in [3.8, 4) is 0 Å². The van der Waals surface area contributed by atoms with Crippen LogP contribution in [0.1, 0.15) is 10.4 Å². The fraction of sp³-hybridized carbons (Fsp3) is 0.417. The largest absolute Gasteiger partial charge is 0.490 e. The number of alkyl halides is 3. The molecule has 2 heterocycles. The van der Waals surface area contributed by atoms with E-state index >= 15 is 0 Å². The van der Waals surface area contributed by atoms with Gasteiger partial charge in [0.15, 0.2) is 0 Å². The first-order valence-corrected chi connectivity index (χ1v) is 6.23. The van der Waals surface area contributed by atoms with Gasteiger partial charge < -0.3 is 21.1 Å². The van der Waals surface area contributed by atoms with Crippen LogP contribution >= 0.6 is 0 Å². The zero-order valence-corrected chi connectivity index (χ0v) is 11.4. The summed E-state index contributed by atoms with van der Waals surface area (Å²) in [5, 5.41) is 10.4. The Hall–Kier alpha value is -2.36. The zero-order valence-electron chi connectivity index (χ0n) is 11.4. The summed E-state index contributed by atoms with van der Waals surface area (Å²) in [6.07, 6.45) is -3.56. The highest BCUT2D eigenvalue weighted by molar-refractivity contribution is 5.92. The number of aromatic nitrogens is 1. The van der Waals surface area contributed by atoms with Gasteiger partial charge in [0.25, 0.3) is 0 Å². The highest BCUT2D eigenvalue weighted by Gasteiger charge is 2.38. The summed E-state index contributed by atoms with van der Waals surface area (Å²) >= 11 is 0. The number of hydrogen-bond donors (Lipinski definition) is 3. The van der Waals surface area contributed by atoms with Gasteiger partial charge in [-0.1, -0.05) is 0 Å². The normalized spacial score (nSPS) is 14.8. The number of rotatable bonds is 2. The van der Waals surface area contributed by atoms with E-state index in [1.807, 2.05) is 6.07 Å². The Morgan fingerprint density at radius 1 is 1.27 bits per heavy atom. The topological polar surface area (TPSA) is 109 Å². The number of carboxylic acid groups (broad SMARTS) is 1. The lowest BCUT2D eigenvalue weighted by Gasteiger charge is -2.28. The number of halogens is 3. The number of nitrogens with two attached hydrogens (primary N) is 1. The van der Waals surface area contributed by atoms with Crippen LogP contribution in [0, 0.1) is 0 Å². The number of anilines is 1. The average Bonchev–Trinajstić information content (AvgIpc) is 2.48. The maximum absolute atomic E-state index is 10.8. The second-order valence-electron chi connectivity index (χ2n) is 4.31. The summed E-state index contributed by atoms with van der Waals surface area (Å²) in [5.41, 5.74) is 5.59. The van der Waals surface area contributed by atoms with Gasteiger partial charge >= 0.3 is 12.1 Å². The summed E-state index contributed by atoms with van der Waals surface area (Å²) in [6.45, 7) is 3.84. The molecule has 0 aromatic carbocycles. The Labute approximate surface area is 123 Å². The Bertz CT molecular complexity index is 513. The van der Waals surface area contributed by atoms with E-state index in [1.54, 1.807) is 6.07 Å². The Balaban J connectivity index is 0.000000295. The third-order valence-electron chi connectivity index (χ3n) is 2.72. The first-order valence-electron chi connectivity index (χ1n) is 6.23. The fourth-order valence-corrected chi connectivity index (χ4v) is 1.61. The number of carbonyl (C=O) groups is 2. The molecule has 1 aromatic rings. The number of nitrogens with one attached hydrogen (secondary N) is 1. The van der Waals surface area contributed by atoms with Crippen LogP contribution in [-0.2, 0) is 4.79 Å². The van der Waals surface area contributed by atoms with Gasteiger partial charge in [-0.3, -0.25) is 4.79 Å². The first-order chi connectivity index (χ1) is 10.2. The number of piperazine rings is 1. The van der Waals surface area contributed by atoms with E-state index in [-0.39, 0.29) is 0 Å². The summed E-state index contributed by atoms with van der Waals surface area (Å²) in [5.74, 6) is -2.29. The van der Waals surface area contributed by atoms with Crippen molar-refractivity contribution in [2.45, 2.75) is 6.18 Å². The Kier molecular flexibility index (Phi) is 6.11. The predicted molar refractivity (Wildman–Crippen MR) is 71.5 cm³/mol. The molecule has 1 amide bonds. The van der Waals surface area contributed by atoms with Crippen molar-refractivity contribution in [2.75, 3.05) is 31.1 Å². The van der Waals surface area contributed by atoms with Gasteiger partial charge in [-0.05, 0) is 12.1 Å². The lowest BCUT2D eigenvalue weighted by Crippen LogP contribution is -2.43. The van der Waals surface area contributed by atoms with Crippen molar-refractivity contribution in [1.29, 1.82) is 0 Å². The van der Waals surface area contributed by atoms with Crippen molar-refractivity contribution in [3.05, 3.63) is 23.9 Å². The quantitative estimate of drug-likeness (QED) is 0.719. The van der Waals surface area contributed by atoms with E-state index in [4.69, 9.17) is 15.6 Å². The summed E-state index contributed by atoms with van der Waals surface area (Å²) < 4.78 is 31.7. The van der Waals surface area contributed by atoms with Gasteiger partial charge in [-0.2, -0.15) is 13.2 Å². The molecule has 2 rings (SSSR count). The molecule has 0 atom stereocenters. The monoisotopic (exact) mass is 320 g/mol. The molecule has 10 heteroatoms. The molecule has 1 saturated heterocycles. The molecule has 0 saturated carbocycles. The van der Waals surface area contributed by atoms with Crippen LogP contribution in [0.5, 0.6) is 0 Å². The summed E-state index contributed by atoms with van der Waals surface area (Å²) in [7, 11) is 0. The molecule has 1 aliphatic rings. The van der Waals surface area contributed by atoms with Crippen LogP contribution in [0.25, 0.3) is 0 Å². The molecule has 0 aliphatic carbocycles. The van der Waals surface area contributed by atoms with E-state index in [0.717, 1.165) is 32.0 Å². The van der Waals surface area contributed by atoms with Gasteiger partial charge in [-0.15, -0.1) is 0 Å². The number of aliphatic carboxylic acids is 1. The van der Waals surface area contributed by atoms with E-state index in [1.165, 1.54) is 6.20 Å². The van der Waals surface area contributed by atoms with Gasteiger partial charge in [0.1, 0.15) is 5.82 Å². The SMILES string of the molecule is NC(=O)c1ccc(N2CCNCC2)nc1.O=C(O)C(F)(F)F. The minimum Gasteiger partial charge on any atom is -0.475 e. The Morgan fingerprint density at radius 3 is 2.18 bits per heavy atom.